The summed E-state index contributed by atoms with van der Waals surface area (Å²) in [5, 5.41) is 7.71. The lowest BCUT2D eigenvalue weighted by Crippen LogP contribution is -1.99. The number of hydrogen-bond acceptors (Lipinski definition) is 4. The van der Waals surface area contributed by atoms with Gasteiger partial charge in [-0.25, -0.2) is 4.98 Å². The van der Waals surface area contributed by atoms with Crippen molar-refractivity contribution in [1.29, 1.82) is 0 Å². The van der Waals surface area contributed by atoms with Gasteiger partial charge in [-0.05, 0) is 30.7 Å². The molecule has 0 unspecified atom stereocenters. The van der Waals surface area contributed by atoms with E-state index in [1.807, 2.05) is 35.1 Å². The van der Waals surface area contributed by atoms with Crippen LogP contribution in [0, 0.1) is 0 Å². The number of aryl methyl sites for hydroxylation is 1. The Morgan fingerprint density at radius 1 is 1.19 bits per heavy atom. The van der Waals surface area contributed by atoms with Crippen molar-refractivity contribution in [1.82, 2.24) is 14.8 Å². The van der Waals surface area contributed by atoms with Crippen LogP contribution in [0.4, 0.5) is 5.69 Å². The molecule has 0 spiro atoms. The van der Waals surface area contributed by atoms with Gasteiger partial charge in [0.25, 0.3) is 0 Å². The van der Waals surface area contributed by atoms with E-state index < -0.39 is 0 Å². The van der Waals surface area contributed by atoms with Crippen molar-refractivity contribution in [3.8, 4) is 11.3 Å². The summed E-state index contributed by atoms with van der Waals surface area (Å²) in [5.74, 6) is 0.780. The van der Waals surface area contributed by atoms with E-state index in [-0.39, 0.29) is 0 Å². The first-order chi connectivity index (χ1) is 10.3. The highest BCUT2D eigenvalue weighted by molar-refractivity contribution is 5.60. The van der Waals surface area contributed by atoms with Crippen LogP contribution < -0.4 is 5.32 Å². The molecule has 0 fully saturated rings. The van der Waals surface area contributed by atoms with Gasteiger partial charge in [-0.2, -0.15) is 5.10 Å². The summed E-state index contributed by atoms with van der Waals surface area (Å²) in [4.78, 5) is 3.92. The van der Waals surface area contributed by atoms with Crippen molar-refractivity contribution in [2.75, 3.05) is 5.32 Å². The summed E-state index contributed by atoms with van der Waals surface area (Å²) in [6.45, 7) is 3.88. The molecule has 0 atom stereocenters. The summed E-state index contributed by atoms with van der Waals surface area (Å²) in [5.41, 5.74) is 3.28. The van der Waals surface area contributed by atoms with Crippen LogP contribution in [0.15, 0.2) is 53.7 Å². The molecule has 0 amide bonds. The average Bonchev–Trinajstić information content (AvgIpc) is 3.18. The maximum Gasteiger partial charge on any atom is 0.181 e. The number of nitrogens with zero attached hydrogens (tertiary/aromatic N) is 3. The third-order valence-corrected chi connectivity index (χ3v) is 3.24. The molecule has 21 heavy (non-hydrogen) atoms. The average molecular weight is 282 g/mol. The van der Waals surface area contributed by atoms with Gasteiger partial charge >= 0.3 is 0 Å². The number of nitrogens with one attached hydrogen (secondary N) is 1. The quantitative estimate of drug-likeness (QED) is 0.751. The molecular weight excluding hydrogens is 264 g/mol. The topological polar surface area (TPSA) is 55.9 Å². The first-order valence-electron chi connectivity index (χ1n) is 7.09. The van der Waals surface area contributed by atoms with E-state index in [1.165, 1.54) is 12.0 Å². The second kappa shape index (κ2) is 6.26. The van der Waals surface area contributed by atoms with Crippen molar-refractivity contribution in [2.24, 2.45) is 0 Å². The molecule has 3 rings (SSSR count). The maximum atomic E-state index is 5.27. The molecule has 2 aromatic heterocycles. The summed E-state index contributed by atoms with van der Waals surface area (Å²) in [6, 6.07) is 8.11. The van der Waals surface area contributed by atoms with E-state index in [2.05, 4.69) is 28.5 Å². The Morgan fingerprint density at radius 2 is 2.05 bits per heavy atom. The van der Waals surface area contributed by atoms with Crippen LogP contribution in [0.5, 0.6) is 0 Å². The minimum atomic E-state index is 0.769. The molecule has 0 bridgehead atoms. The summed E-state index contributed by atoms with van der Waals surface area (Å²) in [7, 11) is 0. The van der Waals surface area contributed by atoms with Crippen molar-refractivity contribution in [3.05, 3.63) is 54.8 Å². The molecule has 2 heterocycles. The molecule has 1 aromatic carbocycles. The van der Waals surface area contributed by atoms with Crippen molar-refractivity contribution < 1.29 is 4.42 Å². The lowest BCUT2D eigenvalue weighted by molar-refractivity contribution is 0.572. The third kappa shape index (κ3) is 3.31. The fraction of sp³-hybridized carbons (Fsp3) is 0.250. The molecular formula is C16H18N4O. The molecule has 0 saturated heterocycles. The highest BCUT2D eigenvalue weighted by Gasteiger charge is 2.02. The Morgan fingerprint density at radius 3 is 2.76 bits per heavy atom. The van der Waals surface area contributed by atoms with E-state index in [0.717, 1.165) is 36.5 Å². The first kappa shape index (κ1) is 13.4. The Balaban J connectivity index is 1.60. The van der Waals surface area contributed by atoms with E-state index >= 15 is 0 Å². The summed E-state index contributed by atoms with van der Waals surface area (Å²) >= 11 is 0. The highest BCUT2D eigenvalue weighted by Crippen LogP contribution is 2.20. The second-order valence-electron chi connectivity index (χ2n) is 4.91. The highest BCUT2D eigenvalue weighted by atomic mass is 16.3. The molecule has 0 aliphatic rings. The maximum absolute atomic E-state index is 5.27. The van der Waals surface area contributed by atoms with E-state index in [1.54, 1.807) is 6.20 Å². The predicted octanol–water partition coefficient (Wildman–Crippen LogP) is 3.56. The molecule has 5 heteroatoms. The van der Waals surface area contributed by atoms with Gasteiger partial charge in [-0.3, -0.25) is 4.68 Å². The minimum Gasteiger partial charge on any atom is -0.444 e. The van der Waals surface area contributed by atoms with E-state index in [4.69, 9.17) is 4.42 Å². The van der Waals surface area contributed by atoms with Crippen LogP contribution in [-0.2, 0) is 13.1 Å². The zero-order valence-corrected chi connectivity index (χ0v) is 12.0. The zero-order chi connectivity index (χ0) is 14.5. The van der Waals surface area contributed by atoms with Gasteiger partial charge in [-0.15, -0.1) is 0 Å². The van der Waals surface area contributed by atoms with Crippen molar-refractivity contribution >= 4 is 5.69 Å². The van der Waals surface area contributed by atoms with Crippen molar-refractivity contribution in [2.45, 2.75) is 26.4 Å². The second-order valence-corrected chi connectivity index (χ2v) is 4.91. The van der Waals surface area contributed by atoms with E-state index in [9.17, 15) is 0 Å². The largest absolute Gasteiger partial charge is 0.444 e. The van der Waals surface area contributed by atoms with Gasteiger partial charge in [0.2, 0.25) is 0 Å². The Hall–Kier alpha value is -2.56. The zero-order valence-electron chi connectivity index (χ0n) is 12.0. The number of aromatic nitrogens is 3. The van der Waals surface area contributed by atoms with Crippen LogP contribution in [0.2, 0.25) is 0 Å². The molecule has 108 valence electrons. The third-order valence-electron chi connectivity index (χ3n) is 3.24. The summed E-state index contributed by atoms with van der Waals surface area (Å²) < 4.78 is 7.25. The summed E-state index contributed by atoms with van der Waals surface area (Å²) in [6.07, 6.45) is 8.24. The fourth-order valence-electron chi connectivity index (χ4n) is 2.16. The molecule has 0 aliphatic heterocycles. The number of anilines is 1. The monoisotopic (exact) mass is 282 g/mol. The van der Waals surface area contributed by atoms with Gasteiger partial charge in [-0.1, -0.05) is 6.92 Å². The van der Waals surface area contributed by atoms with Gasteiger partial charge in [0.15, 0.2) is 12.2 Å². The Labute approximate surface area is 123 Å². The molecule has 3 aromatic rings. The molecule has 0 saturated carbocycles. The van der Waals surface area contributed by atoms with Crippen LogP contribution in [0.1, 0.15) is 18.9 Å². The van der Waals surface area contributed by atoms with E-state index in [0.29, 0.717) is 0 Å². The molecule has 0 aliphatic carbocycles. The van der Waals surface area contributed by atoms with Gasteiger partial charge < -0.3 is 9.73 Å². The number of oxazole rings is 1. The number of benzene rings is 1. The first-order valence-corrected chi connectivity index (χ1v) is 7.09. The normalized spacial score (nSPS) is 10.7. The van der Waals surface area contributed by atoms with Gasteiger partial charge in [0.05, 0.1) is 12.4 Å². The van der Waals surface area contributed by atoms with Crippen molar-refractivity contribution in [3.63, 3.8) is 0 Å². The standard InChI is InChI=1S/C16H18N4O/c1-2-7-20-11-13(9-19-20)8-18-15-5-3-14(4-6-15)16-10-17-12-21-16/h3-6,9-12,18H,2,7-8H2,1H3. The van der Waals surface area contributed by atoms with Gasteiger partial charge in [0, 0.05) is 36.1 Å². The Bertz CT molecular complexity index is 671. The minimum absolute atomic E-state index is 0.769. The Kier molecular flexibility index (Phi) is 4.00. The smallest absolute Gasteiger partial charge is 0.181 e. The van der Waals surface area contributed by atoms with Crippen LogP contribution in [-0.4, -0.2) is 14.8 Å². The van der Waals surface area contributed by atoms with Crippen LogP contribution >= 0.6 is 0 Å². The molecule has 1 N–H and O–H groups in total. The SMILES string of the molecule is CCCn1cc(CNc2ccc(-c3cnco3)cc2)cn1. The van der Waals surface area contributed by atoms with Crippen LogP contribution in [0.3, 0.4) is 0 Å². The molecule has 5 nitrogen and oxygen atoms in total. The fourth-order valence-corrected chi connectivity index (χ4v) is 2.16. The number of rotatable bonds is 6. The lowest BCUT2D eigenvalue weighted by atomic mass is 10.1. The lowest BCUT2D eigenvalue weighted by Gasteiger charge is -2.05. The van der Waals surface area contributed by atoms with Gasteiger partial charge in [0.1, 0.15) is 0 Å². The number of hydrogen-bond donors (Lipinski definition) is 1. The van der Waals surface area contributed by atoms with Crippen LogP contribution in [0.25, 0.3) is 11.3 Å². The predicted molar refractivity (Wildman–Crippen MR) is 81.8 cm³/mol. The molecule has 0 radical (unpaired) electrons.